The van der Waals surface area contributed by atoms with Gasteiger partial charge in [0.2, 0.25) is 35.4 Å². The molecule has 8 atom stereocenters. The highest BCUT2D eigenvalue weighted by molar-refractivity contribution is 6.00. The van der Waals surface area contributed by atoms with Crippen molar-refractivity contribution >= 4 is 47.3 Å². The topological polar surface area (TPSA) is 239 Å². The Balaban J connectivity index is 1.25. The zero-order chi connectivity index (χ0) is 52.9. The molecule has 0 aromatic heterocycles. The van der Waals surface area contributed by atoms with Gasteiger partial charge in [0.25, 0.3) is 11.8 Å². The van der Waals surface area contributed by atoms with Gasteiger partial charge in [-0.05, 0) is 93.8 Å². The van der Waals surface area contributed by atoms with E-state index in [0.29, 0.717) is 38.8 Å². The third kappa shape index (κ3) is 14.7. The average Bonchev–Trinajstić information content (AvgIpc) is 4.08. The molecule has 18 heteroatoms. The van der Waals surface area contributed by atoms with Crippen molar-refractivity contribution in [3.05, 3.63) is 107 Å². The number of likely N-dealkylation sites (N-methyl/N-ethyl adjacent to an activating group) is 2. The lowest BCUT2D eigenvalue weighted by atomic mass is 9.85. The number of carbonyl (C=O) groups is 8. The summed E-state index contributed by atoms with van der Waals surface area (Å²) in [5.74, 6) is -3.11. The molecule has 8 N–H and O–H groups in total. The van der Waals surface area contributed by atoms with E-state index in [1.807, 2.05) is 102 Å². The molecule has 0 spiro atoms. The Hall–Kier alpha value is -6.66. The summed E-state index contributed by atoms with van der Waals surface area (Å²) in [6, 6.07) is 18.7. The molecule has 2 heterocycles. The largest absolute Gasteiger partial charge is 0.350 e. The van der Waals surface area contributed by atoms with Crippen molar-refractivity contribution in [2.45, 2.75) is 129 Å². The molecule has 2 aliphatic rings. The van der Waals surface area contributed by atoms with Gasteiger partial charge in [-0.25, -0.2) is 0 Å². The highest BCUT2D eigenvalue weighted by atomic mass is 16.2. The van der Waals surface area contributed by atoms with E-state index >= 15 is 0 Å². The molecule has 5 rings (SSSR count). The highest BCUT2D eigenvalue weighted by Gasteiger charge is 2.44. The molecule has 8 amide bonds. The summed E-state index contributed by atoms with van der Waals surface area (Å²) >= 11 is 0. The van der Waals surface area contributed by atoms with Crippen LogP contribution in [-0.2, 0) is 28.8 Å². The fourth-order valence-corrected chi connectivity index (χ4v) is 8.84. The Bertz CT molecular complexity index is 2230. The second-order valence-electron chi connectivity index (χ2n) is 21.0. The summed E-state index contributed by atoms with van der Waals surface area (Å²) in [4.78, 5) is 113. The first-order chi connectivity index (χ1) is 34.0. The number of amides is 8. The minimum Gasteiger partial charge on any atom is -0.350 e. The number of nitrogens with zero attached hydrogens (tertiary/aromatic N) is 2. The van der Waals surface area contributed by atoms with Crippen molar-refractivity contribution < 1.29 is 38.4 Å². The predicted molar refractivity (Wildman–Crippen MR) is 275 cm³/mol. The molecule has 2 saturated heterocycles. The van der Waals surface area contributed by atoms with Crippen LogP contribution in [0.15, 0.2) is 84.9 Å². The number of rotatable bonds is 20. The van der Waals surface area contributed by atoms with Gasteiger partial charge in [0, 0.05) is 37.3 Å². The molecule has 390 valence electrons. The van der Waals surface area contributed by atoms with Crippen molar-refractivity contribution in [1.82, 2.24) is 52.3 Å². The van der Waals surface area contributed by atoms with E-state index in [9.17, 15) is 38.4 Å². The van der Waals surface area contributed by atoms with Gasteiger partial charge in [-0.1, -0.05) is 108 Å². The molecule has 72 heavy (non-hydrogen) atoms. The number of hydrogen-bond donors (Lipinski definition) is 8. The van der Waals surface area contributed by atoms with E-state index in [0.717, 1.165) is 11.1 Å². The Morgan fingerprint density at radius 2 is 0.889 bits per heavy atom. The molecule has 0 aliphatic carbocycles. The number of hydrogen-bond acceptors (Lipinski definition) is 10. The Labute approximate surface area is 424 Å². The molecule has 18 nitrogen and oxygen atoms in total. The molecule has 0 unspecified atom stereocenters. The van der Waals surface area contributed by atoms with Gasteiger partial charge < -0.3 is 52.3 Å². The Morgan fingerprint density at radius 1 is 0.528 bits per heavy atom. The van der Waals surface area contributed by atoms with E-state index in [-0.39, 0.29) is 59.7 Å². The number of carbonyl (C=O) groups excluding carboxylic acids is 8. The first kappa shape index (κ1) is 56.3. The summed E-state index contributed by atoms with van der Waals surface area (Å²) < 4.78 is 0. The average molecular weight is 993 g/mol. The van der Waals surface area contributed by atoms with Crippen LogP contribution in [0.25, 0.3) is 0 Å². The summed E-state index contributed by atoms with van der Waals surface area (Å²) in [5, 5.41) is 23.5. The fraction of sp³-hybridized carbons (Fsp3) is 0.519. The maximum atomic E-state index is 14.1. The zero-order valence-corrected chi connectivity index (χ0v) is 43.5. The lowest BCUT2D eigenvalue weighted by Crippen LogP contribution is -2.59. The van der Waals surface area contributed by atoms with Crippen LogP contribution in [0.5, 0.6) is 0 Å². The normalized spacial score (nSPS) is 18.4. The molecular weight excluding hydrogens is 917 g/mol. The first-order valence-corrected chi connectivity index (χ1v) is 25.0. The molecular formula is C54H76N10O8. The van der Waals surface area contributed by atoms with E-state index in [4.69, 9.17) is 0 Å². The summed E-state index contributed by atoms with van der Waals surface area (Å²) in [6.45, 7) is 15.3. The van der Waals surface area contributed by atoms with Crippen LogP contribution in [0.3, 0.4) is 0 Å². The van der Waals surface area contributed by atoms with Gasteiger partial charge in [-0.2, -0.15) is 0 Å². The van der Waals surface area contributed by atoms with Crippen molar-refractivity contribution in [2.24, 2.45) is 10.8 Å². The minimum absolute atomic E-state index is 0.0161. The summed E-state index contributed by atoms with van der Waals surface area (Å²) in [5.41, 5.74) is 0.545. The molecule has 0 saturated carbocycles. The first-order valence-electron chi connectivity index (χ1n) is 25.0. The van der Waals surface area contributed by atoms with Gasteiger partial charge in [-0.3, -0.25) is 38.4 Å². The number of likely N-dealkylation sites (tertiary alicyclic amines) is 2. The van der Waals surface area contributed by atoms with E-state index in [2.05, 4.69) is 42.5 Å². The SMILES string of the molecule is CN[C@@H](C)C(=O)N[C@H](C(=O)N1CCC[C@H]1C(=O)N[C@H](CNC(=O)c1cccc(C(=O)NC[C@@H](NC(=O)[C@@H]2CCCN2C(=O)[C@@H](NC(=O)[C@H](C)NC)C(C)(C)C)c2ccccc2)c1)c1ccccc1)C(C)(C)C. The van der Waals surface area contributed by atoms with Gasteiger partial charge in [-0.15, -0.1) is 0 Å². The van der Waals surface area contributed by atoms with Gasteiger partial charge >= 0.3 is 0 Å². The molecule has 3 aromatic rings. The van der Waals surface area contributed by atoms with Crippen LogP contribution in [-0.4, -0.2) is 134 Å². The lowest BCUT2D eigenvalue weighted by molar-refractivity contribution is -0.144. The summed E-state index contributed by atoms with van der Waals surface area (Å²) in [6.07, 6.45) is 2.04. The van der Waals surface area contributed by atoms with Crippen LogP contribution in [0.4, 0.5) is 0 Å². The molecule has 2 fully saturated rings. The van der Waals surface area contributed by atoms with Crippen LogP contribution >= 0.6 is 0 Å². The van der Waals surface area contributed by atoms with Crippen molar-refractivity contribution in [3.8, 4) is 0 Å². The van der Waals surface area contributed by atoms with Crippen molar-refractivity contribution in [3.63, 3.8) is 0 Å². The monoisotopic (exact) mass is 993 g/mol. The predicted octanol–water partition coefficient (Wildman–Crippen LogP) is 3.12. The van der Waals surface area contributed by atoms with Crippen molar-refractivity contribution in [1.29, 1.82) is 0 Å². The van der Waals surface area contributed by atoms with Gasteiger partial charge in [0.1, 0.15) is 24.2 Å². The van der Waals surface area contributed by atoms with Crippen LogP contribution < -0.4 is 42.5 Å². The fourth-order valence-electron chi connectivity index (χ4n) is 8.84. The van der Waals surface area contributed by atoms with Crippen LogP contribution in [0, 0.1) is 10.8 Å². The van der Waals surface area contributed by atoms with Gasteiger partial charge in [0.15, 0.2) is 0 Å². The van der Waals surface area contributed by atoms with E-state index in [1.54, 1.807) is 46.1 Å². The lowest BCUT2D eigenvalue weighted by Gasteiger charge is -2.36. The highest BCUT2D eigenvalue weighted by Crippen LogP contribution is 2.29. The van der Waals surface area contributed by atoms with Crippen molar-refractivity contribution in [2.75, 3.05) is 40.3 Å². The molecule has 0 bridgehead atoms. The minimum atomic E-state index is -0.878. The third-order valence-electron chi connectivity index (χ3n) is 13.5. The van der Waals surface area contributed by atoms with Crippen LogP contribution in [0.2, 0.25) is 0 Å². The Kier molecular flexibility index (Phi) is 19.6. The third-order valence-corrected chi connectivity index (χ3v) is 13.5. The van der Waals surface area contributed by atoms with Crippen LogP contribution in [0.1, 0.15) is 125 Å². The standard InChI is InChI=1S/C54H76N10O8/c1-33(55-9)45(65)61-43(53(3,4)5)51(71)63-28-18-26-41(63)49(69)59-39(35-20-13-11-14-21-35)31-57-47(67)37-24-17-25-38(30-37)48(68)58-32-40(36-22-15-12-16-23-36)60-50(70)42-27-19-29-64(42)52(72)44(54(6,7)8)62-46(66)34(2)56-10/h11-17,20-25,30,33-34,39-44,55-56H,18-19,26-29,31-32H2,1-10H3,(H,57,67)(H,58,68)(H,59,69)(H,60,70)(H,61,65)(H,62,66)/t33-,34-,39+,40+,41-,42-,43+,44+/m0/s1. The van der Waals surface area contributed by atoms with E-state index in [1.165, 1.54) is 15.9 Å². The quantitative estimate of drug-likeness (QED) is 0.0824. The van der Waals surface area contributed by atoms with E-state index < -0.39 is 71.0 Å². The molecule has 0 radical (unpaired) electrons. The van der Waals surface area contributed by atoms with Gasteiger partial charge in [0.05, 0.1) is 24.2 Å². The maximum Gasteiger partial charge on any atom is 0.251 e. The smallest absolute Gasteiger partial charge is 0.251 e. The molecule has 2 aliphatic heterocycles. The second-order valence-corrected chi connectivity index (χ2v) is 21.0. The summed E-state index contributed by atoms with van der Waals surface area (Å²) in [7, 11) is 3.32. The second kappa shape index (κ2) is 25.1. The number of benzene rings is 3. The zero-order valence-electron chi connectivity index (χ0n) is 43.5. The molecule has 3 aromatic carbocycles. The Morgan fingerprint density at radius 3 is 1.22 bits per heavy atom. The maximum absolute atomic E-state index is 14.1. The number of nitrogens with one attached hydrogen (secondary N) is 8.